The Kier molecular flexibility index (Phi) is 5.33. The molecule has 0 aliphatic rings. The molecule has 1 unspecified atom stereocenters. The SMILES string of the molecule is CCCCC(C(=O)O)C(=O)OC(C)(C)C. The van der Waals surface area contributed by atoms with Crippen molar-refractivity contribution in [3.05, 3.63) is 0 Å². The lowest BCUT2D eigenvalue weighted by atomic mass is 10.0. The fourth-order valence-corrected chi connectivity index (χ4v) is 1.12. The summed E-state index contributed by atoms with van der Waals surface area (Å²) < 4.78 is 5.04. The van der Waals surface area contributed by atoms with Gasteiger partial charge in [-0.15, -0.1) is 0 Å². The summed E-state index contributed by atoms with van der Waals surface area (Å²) in [4.78, 5) is 22.3. The molecule has 1 N–H and O–H groups in total. The molecule has 1 atom stereocenters. The lowest BCUT2D eigenvalue weighted by Gasteiger charge is -2.22. The summed E-state index contributed by atoms with van der Waals surface area (Å²) in [6.45, 7) is 7.13. The maximum Gasteiger partial charge on any atom is 0.320 e. The summed E-state index contributed by atoms with van der Waals surface area (Å²) in [5, 5.41) is 8.87. The number of aliphatic carboxylic acids is 1. The highest BCUT2D eigenvalue weighted by Gasteiger charge is 2.30. The van der Waals surface area contributed by atoms with Gasteiger partial charge >= 0.3 is 11.9 Å². The summed E-state index contributed by atoms with van der Waals surface area (Å²) in [7, 11) is 0. The molecule has 0 saturated carbocycles. The first-order chi connectivity index (χ1) is 6.78. The minimum Gasteiger partial charge on any atom is -0.481 e. The standard InChI is InChI=1S/C11H20O4/c1-5-6-7-8(9(12)13)10(14)15-11(2,3)4/h8H,5-7H2,1-4H3,(H,12,13). The van der Waals surface area contributed by atoms with Crippen LogP contribution in [0, 0.1) is 5.92 Å². The first-order valence-corrected chi connectivity index (χ1v) is 5.23. The van der Waals surface area contributed by atoms with Crippen LogP contribution in [0.1, 0.15) is 47.0 Å². The quantitative estimate of drug-likeness (QED) is 0.565. The lowest BCUT2D eigenvalue weighted by Crippen LogP contribution is -2.32. The van der Waals surface area contributed by atoms with Gasteiger partial charge in [0, 0.05) is 0 Å². The number of rotatable bonds is 5. The molecule has 0 aliphatic carbocycles. The fraction of sp³-hybridized carbons (Fsp3) is 0.818. The minimum atomic E-state index is -1.10. The largest absolute Gasteiger partial charge is 0.481 e. The maximum absolute atomic E-state index is 11.5. The summed E-state index contributed by atoms with van der Waals surface area (Å²) in [5.74, 6) is -2.76. The molecular weight excluding hydrogens is 196 g/mol. The van der Waals surface area contributed by atoms with E-state index >= 15 is 0 Å². The van der Waals surface area contributed by atoms with Gasteiger partial charge in [-0.3, -0.25) is 9.59 Å². The molecule has 0 aliphatic heterocycles. The summed E-state index contributed by atoms with van der Waals surface area (Å²) in [5.41, 5.74) is -0.628. The molecule has 0 radical (unpaired) electrons. The number of carbonyl (C=O) groups excluding carboxylic acids is 1. The zero-order chi connectivity index (χ0) is 12.1. The Bertz CT molecular complexity index is 227. The monoisotopic (exact) mass is 216 g/mol. The second-order valence-corrected chi connectivity index (χ2v) is 4.57. The molecule has 4 nitrogen and oxygen atoms in total. The van der Waals surface area contributed by atoms with Crippen molar-refractivity contribution in [3.63, 3.8) is 0 Å². The highest BCUT2D eigenvalue weighted by molar-refractivity contribution is 5.94. The topological polar surface area (TPSA) is 63.6 Å². The third-order valence-electron chi connectivity index (χ3n) is 1.84. The van der Waals surface area contributed by atoms with Crippen molar-refractivity contribution in [2.75, 3.05) is 0 Å². The van der Waals surface area contributed by atoms with E-state index in [1.807, 2.05) is 6.92 Å². The molecule has 0 saturated heterocycles. The molecule has 0 spiro atoms. The number of ether oxygens (including phenoxy) is 1. The molecule has 0 aromatic carbocycles. The van der Waals surface area contributed by atoms with Crippen LogP contribution in [0.5, 0.6) is 0 Å². The zero-order valence-electron chi connectivity index (χ0n) is 9.87. The Balaban J connectivity index is 4.36. The second-order valence-electron chi connectivity index (χ2n) is 4.57. The molecule has 0 fully saturated rings. The number of hydrogen-bond acceptors (Lipinski definition) is 3. The van der Waals surface area contributed by atoms with E-state index in [2.05, 4.69) is 0 Å². The van der Waals surface area contributed by atoms with E-state index in [1.165, 1.54) is 0 Å². The summed E-state index contributed by atoms with van der Waals surface area (Å²) in [6, 6.07) is 0. The smallest absolute Gasteiger partial charge is 0.320 e. The van der Waals surface area contributed by atoms with Crippen LogP contribution < -0.4 is 0 Å². The van der Waals surface area contributed by atoms with Gasteiger partial charge in [0.05, 0.1) is 0 Å². The van der Waals surface area contributed by atoms with Crippen molar-refractivity contribution in [1.82, 2.24) is 0 Å². The van der Waals surface area contributed by atoms with Crippen molar-refractivity contribution in [2.24, 2.45) is 5.92 Å². The number of carboxylic acid groups (broad SMARTS) is 1. The van der Waals surface area contributed by atoms with Gasteiger partial charge in [-0.1, -0.05) is 19.8 Å². The van der Waals surface area contributed by atoms with E-state index in [9.17, 15) is 9.59 Å². The average molecular weight is 216 g/mol. The van der Waals surface area contributed by atoms with E-state index in [4.69, 9.17) is 9.84 Å². The highest BCUT2D eigenvalue weighted by atomic mass is 16.6. The van der Waals surface area contributed by atoms with E-state index in [1.54, 1.807) is 20.8 Å². The van der Waals surface area contributed by atoms with Gasteiger partial charge in [-0.2, -0.15) is 0 Å². The molecule has 15 heavy (non-hydrogen) atoms. The van der Waals surface area contributed by atoms with Crippen molar-refractivity contribution in [1.29, 1.82) is 0 Å². The number of esters is 1. The average Bonchev–Trinajstić information content (AvgIpc) is 2.00. The van der Waals surface area contributed by atoms with E-state index in [0.29, 0.717) is 6.42 Å². The van der Waals surface area contributed by atoms with E-state index in [-0.39, 0.29) is 0 Å². The molecule has 88 valence electrons. The molecule has 0 amide bonds. The Labute approximate surface area is 90.6 Å². The van der Waals surface area contributed by atoms with Gasteiger partial charge in [0.1, 0.15) is 5.60 Å². The summed E-state index contributed by atoms with van der Waals surface area (Å²) in [6.07, 6.45) is 1.93. The molecule has 4 heteroatoms. The van der Waals surface area contributed by atoms with Crippen LogP contribution in [0.25, 0.3) is 0 Å². The molecule has 0 bridgehead atoms. The number of hydrogen-bond donors (Lipinski definition) is 1. The normalized spacial score (nSPS) is 13.3. The van der Waals surface area contributed by atoms with Crippen molar-refractivity contribution in [2.45, 2.75) is 52.6 Å². The third kappa shape index (κ3) is 6.10. The Morgan fingerprint density at radius 2 is 1.87 bits per heavy atom. The van der Waals surface area contributed by atoms with E-state index in [0.717, 1.165) is 12.8 Å². The summed E-state index contributed by atoms with van der Waals surface area (Å²) >= 11 is 0. The van der Waals surface area contributed by atoms with Crippen molar-refractivity contribution >= 4 is 11.9 Å². The minimum absolute atomic E-state index is 0.348. The van der Waals surface area contributed by atoms with Gasteiger partial charge in [-0.25, -0.2) is 0 Å². The van der Waals surface area contributed by atoms with Gasteiger partial charge in [-0.05, 0) is 27.2 Å². The van der Waals surface area contributed by atoms with E-state index < -0.39 is 23.5 Å². The van der Waals surface area contributed by atoms with Crippen LogP contribution in [0.2, 0.25) is 0 Å². The fourth-order valence-electron chi connectivity index (χ4n) is 1.12. The van der Waals surface area contributed by atoms with Crippen LogP contribution in [0.4, 0.5) is 0 Å². The first kappa shape index (κ1) is 13.9. The van der Waals surface area contributed by atoms with Crippen LogP contribution in [0.3, 0.4) is 0 Å². The predicted octanol–water partition coefficient (Wildman–Crippen LogP) is 2.22. The molecule has 0 aromatic rings. The van der Waals surface area contributed by atoms with Gasteiger partial charge in [0.2, 0.25) is 0 Å². The zero-order valence-corrected chi connectivity index (χ0v) is 9.87. The van der Waals surface area contributed by atoms with Crippen molar-refractivity contribution < 1.29 is 19.4 Å². The third-order valence-corrected chi connectivity index (χ3v) is 1.84. The van der Waals surface area contributed by atoms with Crippen LogP contribution in [-0.2, 0) is 14.3 Å². The number of unbranched alkanes of at least 4 members (excludes halogenated alkanes) is 1. The number of carboxylic acids is 1. The molecule has 0 heterocycles. The van der Waals surface area contributed by atoms with Crippen molar-refractivity contribution in [3.8, 4) is 0 Å². The van der Waals surface area contributed by atoms with Crippen LogP contribution in [0.15, 0.2) is 0 Å². The predicted molar refractivity (Wildman–Crippen MR) is 56.5 cm³/mol. The first-order valence-electron chi connectivity index (χ1n) is 5.23. The molecule has 0 aromatic heterocycles. The Morgan fingerprint density at radius 3 is 2.20 bits per heavy atom. The highest BCUT2D eigenvalue weighted by Crippen LogP contribution is 2.16. The lowest BCUT2D eigenvalue weighted by molar-refractivity contribution is -0.167. The van der Waals surface area contributed by atoms with Gasteiger partial charge in [0.15, 0.2) is 5.92 Å². The molecule has 0 rings (SSSR count). The Hall–Kier alpha value is -1.06. The molecular formula is C11H20O4. The van der Waals surface area contributed by atoms with Gasteiger partial charge < -0.3 is 9.84 Å². The number of carbonyl (C=O) groups is 2. The Morgan fingerprint density at radius 1 is 1.33 bits per heavy atom. The van der Waals surface area contributed by atoms with Crippen LogP contribution >= 0.6 is 0 Å². The van der Waals surface area contributed by atoms with Crippen LogP contribution in [-0.4, -0.2) is 22.6 Å². The second kappa shape index (κ2) is 5.73. The maximum atomic E-state index is 11.5. The van der Waals surface area contributed by atoms with Gasteiger partial charge in [0.25, 0.3) is 0 Å².